The first kappa shape index (κ1) is 15.6. The fraction of sp³-hybridized carbons (Fsp3) is 0.538. The van der Waals surface area contributed by atoms with E-state index >= 15 is 0 Å². The van der Waals surface area contributed by atoms with Crippen molar-refractivity contribution in [3.63, 3.8) is 0 Å². The van der Waals surface area contributed by atoms with Gasteiger partial charge in [0, 0.05) is 5.69 Å². The van der Waals surface area contributed by atoms with Crippen LogP contribution in [0.2, 0.25) is 0 Å². The predicted octanol–water partition coefficient (Wildman–Crippen LogP) is 2.40. The highest BCUT2D eigenvalue weighted by atomic mass is 16.5. The summed E-state index contributed by atoms with van der Waals surface area (Å²) in [6.07, 6.45) is 1.67. The smallest absolute Gasteiger partial charge is 0.155 e. The van der Waals surface area contributed by atoms with Crippen molar-refractivity contribution in [2.75, 3.05) is 19.8 Å². The second-order valence-electron chi connectivity index (χ2n) is 3.24. The lowest BCUT2D eigenvalue weighted by molar-refractivity contribution is -0.121. The average Bonchev–Trinajstić information content (AvgIpc) is 2.33. The second-order valence-corrected chi connectivity index (χ2v) is 3.24. The van der Waals surface area contributed by atoms with E-state index in [2.05, 4.69) is 4.98 Å². The van der Waals surface area contributed by atoms with Crippen LogP contribution in [-0.4, -0.2) is 30.6 Å². The first-order chi connectivity index (χ1) is 8.18. The first-order valence-electron chi connectivity index (χ1n) is 5.81. The maximum absolute atomic E-state index is 10.5. The Morgan fingerprint density at radius 2 is 2.00 bits per heavy atom. The van der Waals surface area contributed by atoms with Gasteiger partial charge in [0.25, 0.3) is 0 Å². The van der Waals surface area contributed by atoms with Gasteiger partial charge in [-0.05, 0) is 26.0 Å². The zero-order chi connectivity index (χ0) is 13.1. The van der Waals surface area contributed by atoms with Gasteiger partial charge in [0.05, 0.1) is 12.8 Å². The van der Waals surface area contributed by atoms with E-state index < -0.39 is 0 Å². The number of hydrogen-bond acceptors (Lipinski definition) is 4. The molecule has 0 atom stereocenters. The Hall–Kier alpha value is -1.42. The van der Waals surface area contributed by atoms with Crippen LogP contribution in [0.3, 0.4) is 0 Å². The number of ether oxygens (including phenoxy) is 2. The van der Waals surface area contributed by atoms with Gasteiger partial charge in [-0.15, -0.1) is 0 Å². The normalized spacial score (nSPS) is 9.18. The first-order valence-corrected chi connectivity index (χ1v) is 5.81. The third kappa shape index (κ3) is 8.39. The lowest BCUT2D eigenvalue weighted by Gasteiger charge is -2.05. The highest BCUT2D eigenvalue weighted by Crippen LogP contribution is 2.07. The summed E-state index contributed by atoms with van der Waals surface area (Å²) in [6, 6.07) is 3.74. The minimum Gasteiger partial charge on any atom is -0.490 e. The van der Waals surface area contributed by atoms with Gasteiger partial charge in [-0.3, -0.25) is 9.78 Å². The van der Waals surface area contributed by atoms with Crippen molar-refractivity contribution < 1.29 is 14.3 Å². The number of rotatable bonds is 6. The van der Waals surface area contributed by atoms with E-state index in [1.807, 2.05) is 32.9 Å². The van der Waals surface area contributed by atoms with Crippen molar-refractivity contribution >= 4 is 5.78 Å². The summed E-state index contributed by atoms with van der Waals surface area (Å²) in [4.78, 5) is 14.6. The molecular weight excluding hydrogens is 218 g/mol. The van der Waals surface area contributed by atoms with Crippen LogP contribution in [0.5, 0.6) is 5.75 Å². The molecule has 0 spiro atoms. The van der Waals surface area contributed by atoms with E-state index in [0.717, 1.165) is 5.69 Å². The van der Waals surface area contributed by atoms with E-state index in [9.17, 15) is 4.79 Å². The Balaban J connectivity index is 0.00000121. The zero-order valence-electron chi connectivity index (χ0n) is 11.0. The zero-order valence-corrected chi connectivity index (χ0v) is 11.0. The van der Waals surface area contributed by atoms with Gasteiger partial charge in [-0.25, -0.2) is 0 Å². The lowest BCUT2D eigenvalue weighted by Crippen LogP contribution is -2.11. The summed E-state index contributed by atoms with van der Waals surface area (Å²) >= 11 is 0. The van der Waals surface area contributed by atoms with Crippen molar-refractivity contribution in [2.45, 2.75) is 27.7 Å². The molecule has 0 aliphatic heterocycles. The standard InChI is InChI=1S/C11H15NO3.C2H6/c1-9-3-4-11(7-12-9)15-6-5-14-8-10(2)13;1-2/h3-4,7H,5-6,8H2,1-2H3;1-2H3. The average molecular weight is 239 g/mol. The predicted molar refractivity (Wildman–Crippen MR) is 67.3 cm³/mol. The summed E-state index contributed by atoms with van der Waals surface area (Å²) in [5.74, 6) is 0.735. The Kier molecular flexibility index (Phi) is 8.96. The summed E-state index contributed by atoms with van der Waals surface area (Å²) in [7, 11) is 0. The number of aryl methyl sites for hydroxylation is 1. The third-order valence-corrected chi connectivity index (χ3v) is 1.69. The summed E-state index contributed by atoms with van der Waals surface area (Å²) in [5, 5.41) is 0. The summed E-state index contributed by atoms with van der Waals surface area (Å²) in [5.41, 5.74) is 0.954. The molecule has 0 amide bonds. The van der Waals surface area contributed by atoms with Crippen LogP contribution in [0, 0.1) is 6.92 Å². The van der Waals surface area contributed by atoms with Gasteiger partial charge in [0.2, 0.25) is 0 Å². The molecule has 0 bridgehead atoms. The van der Waals surface area contributed by atoms with Gasteiger partial charge in [-0.1, -0.05) is 13.8 Å². The van der Waals surface area contributed by atoms with Crippen LogP contribution in [0.15, 0.2) is 18.3 Å². The van der Waals surface area contributed by atoms with Gasteiger partial charge in [0.1, 0.15) is 19.0 Å². The quantitative estimate of drug-likeness (QED) is 0.715. The molecule has 0 aliphatic carbocycles. The van der Waals surface area contributed by atoms with Crippen molar-refractivity contribution in [1.82, 2.24) is 4.98 Å². The van der Waals surface area contributed by atoms with Gasteiger partial charge < -0.3 is 9.47 Å². The number of pyridine rings is 1. The van der Waals surface area contributed by atoms with E-state index in [0.29, 0.717) is 19.0 Å². The molecule has 1 heterocycles. The third-order valence-electron chi connectivity index (χ3n) is 1.69. The highest BCUT2D eigenvalue weighted by molar-refractivity contribution is 5.76. The summed E-state index contributed by atoms with van der Waals surface area (Å²) < 4.78 is 10.4. The number of nitrogens with zero attached hydrogens (tertiary/aromatic N) is 1. The molecule has 4 heteroatoms. The van der Waals surface area contributed by atoms with Crippen LogP contribution in [-0.2, 0) is 9.53 Å². The molecule has 0 unspecified atom stereocenters. The topological polar surface area (TPSA) is 48.4 Å². The molecule has 0 radical (unpaired) electrons. The molecular formula is C13H21NO3. The van der Waals surface area contributed by atoms with Crippen LogP contribution < -0.4 is 4.74 Å². The van der Waals surface area contributed by atoms with Crippen LogP contribution in [0.1, 0.15) is 26.5 Å². The minimum absolute atomic E-state index is 0.0204. The maximum atomic E-state index is 10.5. The maximum Gasteiger partial charge on any atom is 0.155 e. The number of Topliss-reactive ketones (excluding diaryl/α,β-unsaturated/α-hetero) is 1. The highest BCUT2D eigenvalue weighted by Gasteiger charge is 1.95. The molecule has 0 fully saturated rings. The lowest BCUT2D eigenvalue weighted by atomic mass is 10.4. The monoisotopic (exact) mass is 239 g/mol. The van der Waals surface area contributed by atoms with E-state index in [-0.39, 0.29) is 12.4 Å². The van der Waals surface area contributed by atoms with Crippen molar-refractivity contribution in [3.8, 4) is 5.75 Å². The molecule has 1 aromatic heterocycles. The van der Waals surface area contributed by atoms with Gasteiger partial charge >= 0.3 is 0 Å². The van der Waals surface area contributed by atoms with E-state index in [1.165, 1.54) is 6.92 Å². The largest absolute Gasteiger partial charge is 0.490 e. The minimum atomic E-state index is 0.0204. The molecule has 0 saturated heterocycles. The Bertz CT molecular complexity index is 309. The number of carbonyl (C=O) groups excluding carboxylic acids is 1. The Morgan fingerprint density at radius 3 is 2.53 bits per heavy atom. The number of aromatic nitrogens is 1. The number of carbonyl (C=O) groups is 1. The Morgan fingerprint density at radius 1 is 1.29 bits per heavy atom. The molecule has 0 aromatic carbocycles. The SMILES string of the molecule is CC.CC(=O)COCCOc1ccc(C)nc1. The van der Waals surface area contributed by atoms with Crippen LogP contribution >= 0.6 is 0 Å². The molecule has 96 valence electrons. The number of ketones is 1. The summed E-state index contributed by atoms with van der Waals surface area (Å²) in [6.45, 7) is 8.39. The fourth-order valence-corrected chi connectivity index (χ4v) is 0.974. The van der Waals surface area contributed by atoms with Crippen molar-refractivity contribution in [1.29, 1.82) is 0 Å². The van der Waals surface area contributed by atoms with Gasteiger partial charge in [-0.2, -0.15) is 0 Å². The van der Waals surface area contributed by atoms with Gasteiger partial charge in [0.15, 0.2) is 5.78 Å². The molecule has 17 heavy (non-hydrogen) atoms. The molecule has 0 N–H and O–H groups in total. The van der Waals surface area contributed by atoms with Crippen molar-refractivity contribution in [3.05, 3.63) is 24.0 Å². The molecule has 1 rings (SSSR count). The molecule has 1 aromatic rings. The number of hydrogen-bond donors (Lipinski definition) is 0. The second kappa shape index (κ2) is 9.78. The molecule has 0 aliphatic rings. The molecule has 4 nitrogen and oxygen atoms in total. The van der Waals surface area contributed by atoms with Crippen LogP contribution in [0.25, 0.3) is 0 Å². The van der Waals surface area contributed by atoms with Crippen molar-refractivity contribution in [2.24, 2.45) is 0 Å². The van der Waals surface area contributed by atoms with Crippen LogP contribution in [0.4, 0.5) is 0 Å². The van der Waals surface area contributed by atoms with E-state index in [1.54, 1.807) is 6.20 Å². The van der Waals surface area contributed by atoms with E-state index in [4.69, 9.17) is 9.47 Å². The Labute approximate surface area is 103 Å². The molecule has 0 saturated carbocycles. The fourth-order valence-electron chi connectivity index (χ4n) is 0.974.